The molecule has 1 amide bonds. The van der Waals surface area contributed by atoms with E-state index in [0.29, 0.717) is 11.2 Å². The van der Waals surface area contributed by atoms with Gasteiger partial charge in [0.15, 0.2) is 10.8 Å². The Morgan fingerprint density at radius 2 is 2.20 bits per heavy atom. The molecule has 1 aliphatic heterocycles. The highest BCUT2D eigenvalue weighted by Gasteiger charge is 2.28. The molecule has 0 spiro atoms. The molecule has 0 aromatic carbocycles. The molecule has 158 valence electrons. The topological polar surface area (TPSA) is 80.6 Å². The summed E-state index contributed by atoms with van der Waals surface area (Å²) in [6.45, 7) is 3.64. The third kappa shape index (κ3) is 3.96. The Kier molecular flexibility index (Phi) is 5.25. The minimum atomic E-state index is 0.0558. The van der Waals surface area contributed by atoms with E-state index in [1.807, 2.05) is 18.3 Å². The number of rotatable bonds is 6. The molecule has 30 heavy (non-hydrogen) atoms. The number of allylic oxidation sites excluding steroid dienone is 3. The minimum absolute atomic E-state index is 0.0558. The highest BCUT2D eigenvalue weighted by Crippen LogP contribution is 2.33. The molecule has 2 N–H and O–H groups in total. The predicted octanol–water partition coefficient (Wildman–Crippen LogP) is 3.60. The Morgan fingerprint density at radius 3 is 2.93 bits per heavy atom. The largest absolute Gasteiger partial charge is 0.379 e. The highest BCUT2D eigenvalue weighted by atomic mass is 35.5. The first kappa shape index (κ1) is 19.6. The van der Waals surface area contributed by atoms with E-state index in [2.05, 4.69) is 27.6 Å². The fourth-order valence-corrected chi connectivity index (χ4v) is 4.35. The van der Waals surface area contributed by atoms with Crippen LogP contribution in [0.1, 0.15) is 44.7 Å². The van der Waals surface area contributed by atoms with E-state index in [4.69, 9.17) is 16.3 Å². The zero-order valence-electron chi connectivity index (χ0n) is 17.0. The van der Waals surface area contributed by atoms with E-state index < -0.39 is 0 Å². The van der Waals surface area contributed by atoms with Gasteiger partial charge >= 0.3 is 0 Å². The van der Waals surface area contributed by atoms with Crippen LogP contribution in [-0.2, 0) is 9.53 Å². The number of hydrogen-bond donors (Lipinski definition) is 2. The number of anilines is 1. The van der Waals surface area contributed by atoms with Crippen LogP contribution in [0.25, 0.3) is 11.2 Å². The molecular weight excluding hydrogens is 402 g/mol. The van der Waals surface area contributed by atoms with Crippen LogP contribution in [-0.4, -0.2) is 45.8 Å². The number of nitrogens with one attached hydrogen (secondary N) is 2. The van der Waals surface area contributed by atoms with Crippen LogP contribution in [0.2, 0.25) is 5.15 Å². The van der Waals surface area contributed by atoms with Gasteiger partial charge in [0.2, 0.25) is 5.91 Å². The first-order valence-corrected chi connectivity index (χ1v) is 11.1. The van der Waals surface area contributed by atoms with Crippen molar-refractivity contribution < 1.29 is 9.53 Å². The number of fused-ring (bicyclic) bond motifs is 1. The zero-order chi connectivity index (χ0) is 20.7. The first-order valence-electron chi connectivity index (χ1n) is 10.7. The molecule has 2 aromatic rings. The van der Waals surface area contributed by atoms with Gasteiger partial charge in [0.1, 0.15) is 0 Å². The molecule has 3 heterocycles. The molecule has 1 saturated heterocycles. The SMILES string of the molecule is CC1CC(c2cnc3c(NCC4CCCO4)cc(Cl)nn23)=CC=C1C(=O)NC1CC1. The molecule has 2 fully saturated rings. The summed E-state index contributed by atoms with van der Waals surface area (Å²) in [5.74, 6) is 0.186. The van der Waals surface area contributed by atoms with Crippen LogP contribution < -0.4 is 10.6 Å². The van der Waals surface area contributed by atoms with E-state index in [9.17, 15) is 4.79 Å². The molecular formula is C22H26ClN5O2. The molecule has 0 bridgehead atoms. The maximum absolute atomic E-state index is 12.5. The van der Waals surface area contributed by atoms with E-state index in [1.54, 1.807) is 10.6 Å². The number of halogens is 1. The van der Waals surface area contributed by atoms with Gasteiger partial charge < -0.3 is 15.4 Å². The van der Waals surface area contributed by atoms with Gasteiger partial charge in [-0.1, -0.05) is 30.7 Å². The Morgan fingerprint density at radius 1 is 1.33 bits per heavy atom. The van der Waals surface area contributed by atoms with Crippen molar-refractivity contribution in [3.05, 3.63) is 40.8 Å². The average molecular weight is 428 g/mol. The van der Waals surface area contributed by atoms with E-state index in [0.717, 1.165) is 73.4 Å². The number of nitrogens with zero attached hydrogens (tertiary/aromatic N) is 3. The molecule has 0 radical (unpaired) electrons. The zero-order valence-corrected chi connectivity index (χ0v) is 17.8. The molecule has 3 aliphatic rings. The summed E-state index contributed by atoms with van der Waals surface area (Å²) in [6, 6.07) is 2.17. The van der Waals surface area contributed by atoms with Crippen molar-refractivity contribution >= 4 is 34.4 Å². The van der Waals surface area contributed by atoms with Gasteiger partial charge in [-0.3, -0.25) is 4.79 Å². The van der Waals surface area contributed by atoms with Gasteiger partial charge in [-0.15, -0.1) is 0 Å². The summed E-state index contributed by atoms with van der Waals surface area (Å²) >= 11 is 6.32. The quantitative estimate of drug-likeness (QED) is 0.736. The Hall–Kier alpha value is -2.38. The molecule has 5 rings (SSSR count). The maximum atomic E-state index is 12.5. The van der Waals surface area contributed by atoms with Crippen LogP contribution in [0.15, 0.2) is 30.0 Å². The Balaban J connectivity index is 1.41. The average Bonchev–Trinajstić information content (AvgIpc) is 3.21. The lowest BCUT2D eigenvalue weighted by Gasteiger charge is -2.21. The van der Waals surface area contributed by atoms with Crippen LogP contribution in [0.5, 0.6) is 0 Å². The van der Waals surface area contributed by atoms with Gasteiger partial charge in [0.05, 0.1) is 23.7 Å². The molecule has 2 atom stereocenters. The van der Waals surface area contributed by atoms with Gasteiger partial charge in [0.25, 0.3) is 0 Å². The van der Waals surface area contributed by atoms with Crippen molar-refractivity contribution in [2.24, 2.45) is 5.92 Å². The molecule has 1 saturated carbocycles. The number of aromatic nitrogens is 3. The van der Waals surface area contributed by atoms with Crippen molar-refractivity contribution in [2.45, 2.75) is 51.2 Å². The lowest BCUT2D eigenvalue weighted by atomic mass is 9.87. The smallest absolute Gasteiger partial charge is 0.247 e. The number of amides is 1. The molecule has 8 heteroatoms. The van der Waals surface area contributed by atoms with Crippen molar-refractivity contribution in [3.63, 3.8) is 0 Å². The van der Waals surface area contributed by atoms with E-state index >= 15 is 0 Å². The summed E-state index contributed by atoms with van der Waals surface area (Å²) in [5, 5.41) is 11.4. The summed E-state index contributed by atoms with van der Waals surface area (Å²) in [6.07, 6.45) is 11.1. The van der Waals surface area contributed by atoms with Gasteiger partial charge in [-0.25, -0.2) is 9.50 Å². The minimum Gasteiger partial charge on any atom is -0.379 e. The third-order valence-corrected chi connectivity index (χ3v) is 6.19. The fraction of sp³-hybridized carbons (Fsp3) is 0.500. The molecule has 2 aromatic heterocycles. The van der Waals surface area contributed by atoms with Gasteiger partial charge in [-0.05, 0) is 43.6 Å². The Bertz CT molecular complexity index is 1030. The standard InChI is InChI=1S/C22H26ClN5O2/c1-13-9-14(4-7-17(13)22(29)26-15-5-6-15)19-12-25-21-18(10-20(23)27-28(19)21)24-11-16-3-2-8-30-16/h4,7,10,12-13,15-16,24H,2-3,5-6,8-9,11H2,1H3,(H,26,29). The third-order valence-electron chi connectivity index (χ3n) is 6.01. The summed E-state index contributed by atoms with van der Waals surface area (Å²) in [5.41, 5.74) is 4.42. The van der Waals surface area contributed by atoms with E-state index in [-0.39, 0.29) is 17.9 Å². The first-order chi connectivity index (χ1) is 14.6. The van der Waals surface area contributed by atoms with Crippen molar-refractivity contribution in [1.82, 2.24) is 19.9 Å². The van der Waals surface area contributed by atoms with Crippen molar-refractivity contribution in [1.29, 1.82) is 0 Å². The van der Waals surface area contributed by atoms with Crippen LogP contribution in [0.4, 0.5) is 5.69 Å². The Labute approximate surface area is 180 Å². The van der Waals surface area contributed by atoms with Crippen LogP contribution in [0, 0.1) is 5.92 Å². The van der Waals surface area contributed by atoms with Gasteiger partial charge in [0, 0.05) is 30.8 Å². The molecule has 2 unspecified atom stereocenters. The van der Waals surface area contributed by atoms with Gasteiger partial charge in [-0.2, -0.15) is 5.10 Å². The highest BCUT2D eigenvalue weighted by molar-refractivity contribution is 6.29. The van der Waals surface area contributed by atoms with Crippen molar-refractivity contribution in [2.75, 3.05) is 18.5 Å². The number of carbonyl (C=O) groups excluding carboxylic acids is 1. The van der Waals surface area contributed by atoms with Crippen LogP contribution in [0.3, 0.4) is 0 Å². The fourth-order valence-electron chi connectivity index (χ4n) is 4.17. The number of carbonyl (C=O) groups is 1. The summed E-state index contributed by atoms with van der Waals surface area (Å²) in [7, 11) is 0. The van der Waals surface area contributed by atoms with Crippen LogP contribution >= 0.6 is 11.6 Å². The number of hydrogen-bond acceptors (Lipinski definition) is 5. The molecule has 7 nitrogen and oxygen atoms in total. The monoisotopic (exact) mass is 427 g/mol. The second-order valence-corrected chi connectivity index (χ2v) is 8.83. The summed E-state index contributed by atoms with van der Waals surface area (Å²) < 4.78 is 7.49. The second-order valence-electron chi connectivity index (χ2n) is 8.44. The normalized spacial score (nSPS) is 23.9. The predicted molar refractivity (Wildman–Crippen MR) is 116 cm³/mol. The lowest BCUT2D eigenvalue weighted by Crippen LogP contribution is -2.30. The summed E-state index contributed by atoms with van der Waals surface area (Å²) in [4.78, 5) is 17.1. The lowest BCUT2D eigenvalue weighted by molar-refractivity contribution is -0.118. The number of ether oxygens (including phenoxy) is 1. The second kappa shape index (κ2) is 8.04. The molecule has 2 aliphatic carbocycles. The number of imidazole rings is 1. The van der Waals surface area contributed by atoms with Crippen molar-refractivity contribution in [3.8, 4) is 0 Å². The maximum Gasteiger partial charge on any atom is 0.247 e. The van der Waals surface area contributed by atoms with E-state index in [1.165, 1.54) is 0 Å².